The van der Waals surface area contributed by atoms with Crippen molar-refractivity contribution in [1.82, 2.24) is 0 Å². The zero-order valence-electron chi connectivity index (χ0n) is 10.1. The molecule has 96 valence electrons. The molecule has 0 aliphatic carbocycles. The Kier molecular flexibility index (Phi) is 4.11. The Bertz CT molecular complexity index is 500. The molecule has 0 saturated carbocycles. The van der Waals surface area contributed by atoms with Gasteiger partial charge < -0.3 is 5.73 Å². The van der Waals surface area contributed by atoms with E-state index < -0.39 is 15.8 Å². The molecule has 0 aromatic heterocycles. The summed E-state index contributed by atoms with van der Waals surface area (Å²) in [5.41, 5.74) is 6.47. The fraction of sp³-hybridized carbons (Fsp3) is 0.455. The van der Waals surface area contributed by atoms with Crippen LogP contribution in [0.1, 0.15) is 25.5 Å². The predicted octanol–water partition coefficient (Wildman–Crippen LogP) is 1.85. The Morgan fingerprint density at radius 1 is 1.35 bits per heavy atom. The lowest BCUT2D eigenvalue weighted by Gasteiger charge is -2.16. The monoisotopic (exact) mass is 260 g/mol. The van der Waals surface area contributed by atoms with E-state index in [1.807, 2.05) is 13.8 Å². The van der Waals surface area contributed by atoms with E-state index in [2.05, 4.69) is 4.72 Å². The van der Waals surface area contributed by atoms with Crippen LogP contribution < -0.4 is 10.5 Å². The van der Waals surface area contributed by atoms with Crippen molar-refractivity contribution in [3.63, 3.8) is 0 Å². The predicted molar refractivity (Wildman–Crippen MR) is 66.6 cm³/mol. The standard InChI is InChI=1S/C11H17FN2O2S/c1-7(2)11(13)8-4-5-10(9(12)6-8)14-17(3,15)16/h4-7,11,14H,13H2,1-3H3. The molecule has 1 aromatic carbocycles. The number of nitrogens with two attached hydrogens (primary N) is 1. The second-order valence-corrected chi connectivity index (χ2v) is 6.13. The third-order valence-electron chi connectivity index (χ3n) is 2.39. The van der Waals surface area contributed by atoms with Crippen LogP contribution in [0.2, 0.25) is 0 Å². The molecule has 0 radical (unpaired) electrons. The number of nitrogens with one attached hydrogen (secondary N) is 1. The molecule has 6 heteroatoms. The smallest absolute Gasteiger partial charge is 0.229 e. The molecule has 0 heterocycles. The van der Waals surface area contributed by atoms with Crippen LogP contribution in [0, 0.1) is 11.7 Å². The number of halogens is 1. The molecular weight excluding hydrogens is 243 g/mol. The zero-order valence-corrected chi connectivity index (χ0v) is 10.9. The summed E-state index contributed by atoms with van der Waals surface area (Å²) in [6.07, 6.45) is 0.972. The van der Waals surface area contributed by atoms with Crippen LogP contribution in [0.5, 0.6) is 0 Å². The van der Waals surface area contributed by atoms with E-state index in [1.54, 1.807) is 6.07 Å². The van der Waals surface area contributed by atoms with Crippen molar-refractivity contribution in [2.24, 2.45) is 11.7 Å². The Morgan fingerprint density at radius 3 is 2.35 bits per heavy atom. The van der Waals surface area contributed by atoms with Gasteiger partial charge in [0.1, 0.15) is 5.82 Å². The van der Waals surface area contributed by atoms with Gasteiger partial charge in [0, 0.05) is 6.04 Å². The van der Waals surface area contributed by atoms with Gasteiger partial charge in [0.2, 0.25) is 10.0 Å². The van der Waals surface area contributed by atoms with E-state index in [0.717, 1.165) is 6.26 Å². The van der Waals surface area contributed by atoms with Crippen LogP contribution in [0.15, 0.2) is 18.2 Å². The van der Waals surface area contributed by atoms with Crippen molar-refractivity contribution in [3.05, 3.63) is 29.6 Å². The number of sulfonamides is 1. The first-order valence-corrected chi connectivity index (χ1v) is 7.12. The van der Waals surface area contributed by atoms with Gasteiger partial charge in [0.05, 0.1) is 11.9 Å². The molecule has 3 N–H and O–H groups in total. The molecule has 0 fully saturated rings. The Balaban J connectivity index is 3.02. The van der Waals surface area contributed by atoms with Gasteiger partial charge in [-0.1, -0.05) is 19.9 Å². The minimum Gasteiger partial charge on any atom is -0.324 e. The highest BCUT2D eigenvalue weighted by Gasteiger charge is 2.14. The third kappa shape index (κ3) is 3.98. The lowest BCUT2D eigenvalue weighted by atomic mass is 9.97. The van der Waals surface area contributed by atoms with E-state index in [1.165, 1.54) is 12.1 Å². The van der Waals surface area contributed by atoms with Gasteiger partial charge in [-0.25, -0.2) is 12.8 Å². The molecule has 0 amide bonds. The Hall–Kier alpha value is -1.14. The quantitative estimate of drug-likeness (QED) is 0.867. The maximum absolute atomic E-state index is 13.6. The number of benzene rings is 1. The number of hydrogen-bond acceptors (Lipinski definition) is 3. The van der Waals surface area contributed by atoms with Gasteiger partial charge in [-0.15, -0.1) is 0 Å². The number of anilines is 1. The minimum absolute atomic E-state index is 0.0628. The summed E-state index contributed by atoms with van der Waals surface area (Å²) in [6, 6.07) is 4.00. The van der Waals surface area contributed by atoms with Crippen LogP contribution in [-0.4, -0.2) is 14.7 Å². The van der Waals surface area contributed by atoms with Crippen molar-refractivity contribution in [1.29, 1.82) is 0 Å². The van der Waals surface area contributed by atoms with Gasteiger partial charge in [0.25, 0.3) is 0 Å². The first-order chi connectivity index (χ1) is 7.70. The second kappa shape index (κ2) is 5.01. The van der Waals surface area contributed by atoms with E-state index in [-0.39, 0.29) is 17.6 Å². The molecule has 1 rings (SSSR count). The average molecular weight is 260 g/mol. The fourth-order valence-corrected chi connectivity index (χ4v) is 1.97. The topological polar surface area (TPSA) is 72.2 Å². The van der Waals surface area contributed by atoms with Gasteiger partial charge in [-0.3, -0.25) is 4.72 Å². The molecule has 0 aliphatic heterocycles. The fourth-order valence-electron chi connectivity index (χ4n) is 1.41. The molecule has 17 heavy (non-hydrogen) atoms. The van der Waals surface area contributed by atoms with Gasteiger partial charge in [0.15, 0.2) is 0 Å². The maximum Gasteiger partial charge on any atom is 0.229 e. The van der Waals surface area contributed by atoms with Crippen molar-refractivity contribution in [2.75, 3.05) is 11.0 Å². The van der Waals surface area contributed by atoms with Crippen LogP contribution in [0.3, 0.4) is 0 Å². The van der Waals surface area contributed by atoms with Crippen molar-refractivity contribution < 1.29 is 12.8 Å². The average Bonchev–Trinajstić information content (AvgIpc) is 2.18. The molecule has 1 unspecified atom stereocenters. The van der Waals surface area contributed by atoms with Crippen LogP contribution in [-0.2, 0) is 10.0 Å². The molecule has 4 nitrogen and oxygen atoms in total. The SMILES string of the molecule is CC(C)C(N)c1ccc(NS(C)(=O)=O)c(F)c1. The molecule has 1 atom stereocenters. The summed E-state index contributed by atoms with van der Waals surface area (Å²) in [5, 5.41) is 0. The molecule has 0 spiro atoms. The van der Waals surface area contributed by atoms with Crippen LogP contribution >= 0.6 is 0 Å². The maximum atomic E-state index is 13.6. The van der Waals surface area contributed by atoms with Gasteiger partial charge in [-0.05, 0) is 23.6 Å². The highest BCUT2D eigenvalue weighted by atomic mass is 32.2. The summed E-state index contributed by atoms with van der Waals surface area (Å²) >= 11 is 0. The molecule has 0 aliphatic rings. The molecule has 1 aromatic rings. The normalized spacial score (nSPS) is 13.8. The summed E-state index contributed by atoms with van der Waals surface area (Å²) in [5.74, 6) is -0.438. The molecular formula is C11H17FN2O2S. The molecule has 0 saturated heterocycles. The lowest BCUT2D eigenvalue weighted by Crippen LogP contribution is -2.17. The zero-order chi connectivity index (χ0) is 13.2. The number of hydrogen-bond donors (Lipinski definition) is 2. The van der Waals surface area contributed by atoms with Crippen molar-refractivity contribution in [3.8, 4) is 0 Å². The first-order valence-electron chi connectivity index (χ1n) is 5.23. The summed E-state index contributed by atoms with van der Waals surface area (Å²) in [4.78, 5) is 0. The number of rotatable bonds is 4. The highest BCUT2D eigenvalue weighted by Crippen LogP contribution is 2.23. The molecule has 0 bridgehead atoms. The van der Waals surface area contributed by atoms with Crippen molar-refractivity contribution >= 4 is 15.7 Å². The third-order valence-corrected chi connectivity index (χ3v) is 2.98. The largest absolute Gasteiger partial charge is 0.324 e. The van der Waals surface area contributed by atoms with Gasteiger partial charge in [-0.2, -0.15) is 0 Å². The van der Waals surface area contributed by atoms with E-state index in [9.17, 15) is 12.8 Å². The Morgan fingerprint density at radius 2 is 1.94 bits per heavy atom. The lowest BCUT2D eigenvalue weighted by molar-refractivity contribution is 0.510. The van der Waals surface area contributed by atoms with Gasteiger partial charge >= 0.3 is 0 Å². The van der Waals surface area contributed by atoms with E-state index in [4.69, 9.17) is 5.73 Å². The minimum atomic E-state index is -3.47. The summed E-state index contributed by atoms with van der Waals surface area (Å²) < 4.78 is 37.7. The second-order valence-electron chi connectivity index (χ2n) is 4.38. The highest BCUT2D eigenvalue weighted by molar-refractivity contribution is 7.92. The van der Waals surface area contributed by atoms with Crippen LogP contribution in [0.25, 0.3) is 0 Å². The summed E-state index contributed by atoms with van der Waals surface area (Å²) in [6.45, 7) is 3.87. The van der Waals surface area contributed by atoms with E-state index in [0.29, 0.717) is 5.56 Å². The van der Waals surface area contributed by atoms with Crippen LogP contribution in [0.4, 0.5) is 10.1 Å². The van der Waals surface area contributed by atoms with E-state index >= 15 is 0 Å². The first kappa shape index (κ1) is 13.9. The van der Waals surface area contributed by atoms with Crippen molar-refractivity contribution in [2.45, 2.75) is 19.9 Å². The Labute approximate surface area is 101 Å². The summed E-state index contributed by atoms with van der Waals surface area (Å²) in [7, 11) is -3.47.